The van der Waals surface area contributed by atoms with Crippen LogP contribution >= 0.6 is 0 Å². The lowest BCUT2D eigenvalue weighted by Crippen LogP contribution is -2.44. The number of nitrogens with zero attached hydrogens (tertiary/aromatic N) is 1. The lowest BCUT2D eigenvalue weighted by molar-refractivity contribution is 0.0612. The van der Waals surface area contributed by atoms with Gasteiger partial charge in [-0.1, -0.05) is 36.4 Å². The molecule has 0 bridgehead atoms. The van der Waals surface area contributed by atoms with Crippen LogP contribution in [0.1, 0.15) is 35.3 Å². The molecule has 122 valence electrons. The molecule has 1 unspecified atom stereocenters. The Morgan fingerprint density at radius 3 is 2.67 bits per heavy atom. The van der Waals surface area contributed by atoms with Crippen LogP contribution in [0.15, 0.2) is 60.7 Å². The normalized spacial score (nSPS) is 18.0. The summed E-state index contributed by atoms with van der Waals surface area (Å²) in [5.74, 6) is 0.163. The zero-order valence-electron chi connectivity index (χ0n) is 13.7. The summed E-state index contributed by atoms with van der Waals surface area (Å²) >= 11 is 0. The fraction of sp³-hybridized carbons (Fsp3) is 0.286. The van der Waals surface area contributed by atoms with Crippen molar-refractivity contribution < 1.29 is 4.79 Å². The van der Waals surface area contributed by atoms with Crippen LogP contribution in [0.25, 0.3) is 10.9 Å². The van der Waals surface area contributed by atoms with E-state index in [-0.39, 0.29) is 11.9 Å². The van der Waals surface area contributed by atoms with Crippen LogP contribution in [-0.4, -0.2) is 28.4 Å². The number of nitrogens with one attached hydrogen (secondary N) is 1. The van der Waals surface area contributed by atoms with Gasteiger partial charge >= 0.3 is 0 Å². The predicted molar refractivity (Wildman–Crippen MR) is 97.1 cm³/mol. The number of hydrogen-bond donors (Lipinski definition) is 1. The molecule has 0 radical (unpaired) electrons. The molecule has 2 heterocycles. The molecule has 0 aliphatic carbocycles. The summed E-state index contributed by atoms with van der Waals surface area (Å²) in [5, 5.41) is 1.24. The van der Waals surface area contributed by atoms with Crippen molar-refractivity contribution in [3.05, 3.63) is 71.9 Å². The molecule has 1 aromatic heterocycles. The van der Waals surface area contributed by atoms with Gasteiger partial charge in [-0.25, -0.2) is 0 Å². The first-order valence-corrected chi connectivity index (χ1v) is 8.74. The monoisotopic (exact) mass is 318 g/mol. The summed E-state index contributed by atoms with van der Waals surface area (Å²) in [5.41, 5.74) is 3.18. The molecule has 2 aromatic carbocycles. The molecule has 3 heteroatoms. The average molecular weight is 318 g/mol. The Kier molecular flexibility index (Phi) is 4.08. The molecule has 1 saturated heterocycles. The van der Waals surface area contributed by atoms with E-state index in [1.54, 1.807) is 0 Å². The number of benzene rings is 2. The van der Waals surface area contributed by atoms with Crippen molar-refractivity contribution in [3.63, 3.8) is 0 Å². The van der Waals surface area contributed by atoms with E-state index < -0.39 is 0 Å². The third kappa shape index (κ3) is 2.94. The maximum absolute atomic E-state index is 12.9. The standard InChI is InChI=1S/C21H22N2O/c24-21(16-8-2-1-3-9-16)23-13-7-6-11-19(23)15-18-14-17-10-4-5-12-20(17)22-18/h1-5,8-10,12,14,19,22H,6-7,11,13,15H2. The largest absolute Gasteiger partial charge is 0.358 e. The first-order valence-electron chi connectivity index (χ1n) is 8.74. The highest BCUT2D eigenvalue weighted by atomic mass is 16.2. The van der Waals surface area contributed by atoms with Crippen LogP contribution < -0.4 is 0 Å². The molecule has 1 aliphatic heterocycles. The van der Waals surface area contributed by atoms with Crippen LogP contribution in [0.4, 0.5) is 0 Å². The van der Waals surface area contributed by atoms with E-state index >= 15 is 0 Å². The van der Waals surface area contributed by atoms with Crippen molar-refractivity contribution in [2.45, 2.75) is 31.7 Å². The van der Waals surface area contributed by atoms with E-state index in [0.717, 1.165) is 31.4 Å². The summed E-state index contributed by atoms with van der Waals surface area (Å²) in [6.07, 6.45) is 4.27. The Morgan fingerprint density at radius 2 is 1.83 bits per heavy atom. The molecule has 3 nitrogen and oxygen atoms in total. The van der Waals surface area contributed by atoms with E-state index in [1.807, 2.05) is 30.3 Å². The van der Waals surface area contributed by atoms with Gasteiger partial charge < -0.3 is 9.88 Å². The Hall–Kier alpha value is -2.55. The summed E-state index contributed by atoms with van der Waals surface area (Å²) in [6, 6.07) is 20.5. The molecule has 1 N–H and O–H groups in total. The van der Waals surface area contributed by atoms with Crippen molar-refractivity contribution >= 4 is 16.8 Å². The summed E-state index contributed by atoms with van der Waals surface area (Å²) in [6.45, 7) is 0.860. The zero-order valence-corrected chi connectivity index (χ0v) is 13.7. The number of piperidine rings is 1. The lowest BCUT2D eigenvalue weighted by atomic mass is 9.97. The van der Waals surface area contributed by atoms with E-state index in [9.17, 15) is 4.79 Å². The van der Waals surface area contributed by atoms with Gasteiger partial charge in [-0.2, -0.15) is 0 Å². The number of likely N-dealkylation sites (tertiary alicyclic amines) is 1. The highest BCUT2D eigenvalue weighted by molar-refractivity contribution is 5.94. The maximum Gasteiger partial charge on any atom is 0.254 e. The molecule has 4 rings (SSSR count). The van der Waals surface area contributed by atoms with Gasteiger partial charge in [0.15, 0.2) is 0 Å². The smallest absolute Gasteiger partial charge is 0.254 e. The average Bonchev–Trinajstić information content (AvgIpc) is 3.04. The minimum atomic E-state index is 0.163. The number of carbonyl (C=O) groups excluding carboxylic acids is 1. The highest BCUT2D eigenvalue weighted by Gasteiger charge is 2.27. The third-order valence-electron chi connectivity index (χ3n) is 4.95. The number of fused-ring (bicyclic) bond motifs is 1. The Morgan fingerprint density at radius 1 is 1.04 bits per heavy atom. The quantitative estimate of drug-likeness (QED) is 0.763. The van der Waals surface area contributed by atoms with Gasteiger partial charge in [0.2, 0.25) is 0 Å². The first kappa shape index (κ1) is 15.0. The van der Waals surface area contributed by atoms with Gasteiger partial charge in [0.1, 0.15) is 0 Å². The Labute approximate surface area is 142 Å². The number of H-pyrrole nitrogens is 1. The Balaban J connectivity index is 1.56. The number of aromatic nitrogens is 1. The van der Waals surface area contributed by atoms with E-state index in [1.165, 1.54) is 23.0 Å². The second-order valence-corrected chi connectivity index (χ2v) is 6.60. The molecule has 24 heavy (non-hydrogen) atoms. The van der Waals surface area contributed by atoms with E-state index in [2.05, 4.69) is 40.2 Å². The van der Waals surface area contributed by atoms with Crippen molar-refractivity contribution in [1.82, 2.24) is 9.88 Å². The topological polar surface area (TPSA) is 36.1 Å². The maximum atomic E-state index is 12.9. The Bertz CT molecular complexity index is 804. The number of amides is 1. The highest BCUT2D eigenvalue weighted by Crippen LogP contribution is 2.24. The molecule has 1 fully saturated rings. The SMILES string of the molecule is O=C(c1ccccc1)N1CCCCC1Cc1cc2ccccc2[nH]1. The molecule has 3 aromatic rings. The van der Waals surface area contributed by atoms with Crippen molar-refractivity contribution in [1.29, 1.82) is 0 Å². The summed E-state index contributed by atoms with van der Waals surface area (Å²) in [7, 11) is 0. The van der Waals surface area contributed by atoms with Gasteiger partial charge in [-0.15, -0.1) is 0 Å². The predicted octanol–water partition coefficient (Wildman–Crippen LogP) is 4.41. The summed E-state index contributed by atoms with van der Waals surface area (Å²) < 4.78 is 0. The first-order chi connectivity index (χ1) is 11.8. The number of carbonyl (C=O) groups is 1. The van der Waals surface area contributed by atoms with E-state index in [4.69, 9.17) is 0 Å². The van der Waals surface area contributed by atoms with Crippen LogP contribution in [0.2, 0.25) is 0 Å². The molecule has 1 amide bonds. The molecular weight excluding hydrogens is 296 g/mol. The van der Waals surface area contributed by atoms with Gasteiger partial charge in [-0.05, 0) is 48.9 Å². The molecular formula is C21H22N2O. The van der Waals surface area contributed by atoms with Crippen molar-refractivity contribution in [2.75, 3.05) is 6.54 Å². The lowest BCUT2D eigenvalue weighted by Gasteiger charge is -2.35. The van der Waals surface area contributed by atoms with Gasteiger partial charge in [0.25, 0.3) is 5.91 Å². The molecule has 1 aliphatic rings. The van der Waals surface area contributed by atoms with Crippen LogP contribution in [0.3, 0.4) is 0 Å². The zero-order chi connectivity index (χ0) is 16.4. The van der Waals surface area contributed by atoms with Crippen molar-refractivity contribution in [3.8, 4) is 0 Å². The number of para-hydroxylation sites is 1. The second-order valence-electron chi connectivity index (χ2n) is 6.60. The van der Waals surface area contributed by atoms with Gasteiger partial charge in [-0.3, -0.25) is 4.79 Å². The molecule has 1 atom stereocenters. The molecule has 0 saturated carbocycles. The van der Waals surface area contributed by atoms with Crippen LogP contribution in [0.5, 0.6) is 0 Å². The van der Waals surface area contributed by atoms with Gasteiger partial charge in [0.05, 0.1) is 0 Å². The minimum Gasteiger partial charge on any atom is -0.358 e. The number of hydrogen-bond acceptors (Lipinski definition) is 1. The van der Waals surface area contributed by atoms with E-state index in [0.29, 0.717) is 0 Å². The van der Waals surface area contributed by atoms with Crippen molar-refractivity contribution in [2.24, 2.45) is 0 Å². The van der Waals surface area contributed by atoms with Gasteiger partial charge in [0, 0.05) is 35.8 Å². The minimum absolute atomic E-state index is 0.163. The van der Waals surface area contributed by atoms with Crippen LogP contribution in [-0.2, 0) is 6.42 Å². The second kappa shape index (κ2) is 6.52. The fourth-order valence-corrected chi connectivity index (χ4v) is 3.72. The summed E-state index contributed by atoms with van der Waals surface area (Å²) in [4.78, 5) is 18.5. The van der Waals surface area contributed by atoms with Crippen LogP contribution in [0, 0.1) is 0 Å². The fourth-order valence-electron chi connectivity index (χ4n) is 3.72. The molecule has 0 spiro atoms. The number of aromatic amines is 1. The number of rotatable bonds is 3. The third-order valence-corrected chi connectivity index (χ3v) is 4.95.